The number of hydrogen-bond acceptors (Lipinski definition) is 4. The van der Waals surface area contributed by atoms with Crippen molar-refractivity contribution in [3.8, 4) is 11.6 Å². The number of aromatic nitrogens is 2. The van der Waals surface area contributed by atoms with Gasteiger partial charge in [-0.25, -0.2) is 4.79 Å². The number of aryl methyl sites for hydroxylation is 1. The van der Waals surface area contributed by atoms with E-state index in [9.17, 15) is 9.90 Å². The number of ether oxygens (including phenoxy) is 1. The molecule has 0 saturated carbocycles. The number of fused-ring (bicyclic) bond motifs is 1. The van der Waals surface area contributed by atoms with E-state index in [1.54, 1.807) is 17.6 Å². The summed E-state index contributed by atoms with van der Waals surface area (Å²) in [5.74, 6) is -0.340. The SMILES string of the molecule is CCc1cccc(Oc2nc3sccn3c2C(=O)O)c1. The maximum Gasteiger partial charge on any atom is 0.358 e. The minimum absolute atomic E-state index is 0.0446. The highest BCUT2D eigenvalue weighted by Crippen LogP contribution is 2.28. The van der Waals surface area contributed by atoms with Crippen LogP contribution in [-0.2, 0) is 6.42 Å². The minimum atomic E-state index is -1.06. The Morgan fingerprint density at radius 3 is 3.10 bits per heavy atom. The number of imidazole rings is 1. The van der Waals surface area contributed by atoms with Gasteiger partial charge in [-0.2, -0.15) is 4.98 Å². The van der Waals surface area contributed by atoms with Gasteiger partial charge in [0.05, 0.1) is 0 Å². The van der Waals surface area contributed by atoms with E-state index in [0.717, 1.165) is 12.0 Å². The fourth-order valence-corrected chi connectivity index (χ4v) is 2.68. The molecule has 0 atom stereocenters. The van der Waals surface area contributed by atoms with Crippen molar-refractivity contribution in [1.82, 2.24) is 9.38 Å². The first kappa shape index (κ1) is 12.7. The zero-order valence-electron chi connectivity index (χ0n) is 10.7. The van der Waals surface area contributed by atoms with Crippen LogP contribution in [0, 0.1) is 0 Å². The van der Waals surface area contributed by atoms with Gasteiger partial charge in [-0.1, -0.05) is 19.1 Å². The summed E-state index contributed by atoms with van der Waals surface area (Å²) < 4.78 is 7.17. The Kier molecular flexibility index (Phi) is 3.15. The molecular weight excluding hydrogens is 276 g/mol. The lowest BCUT2D eigenvalue weighted by atomic mass is 10.2. The molecule has 3 aromatic rings. The molecular formula is C14H12N2O3S. The number of nitrogens with zero attached hydrogens (tertiary/aromatic N) is 2. The summed E-state index contributed by atoms with van der Waals surface area (Å²) in [4.78, 5) is 16.2. The van der Waals surface area contributed by atoms with Gasteiger partial charge in [-0.05, 0) is 24.1 Å². The van der Waals surface area contributed by atoms with Crippen LogP contribution in [0.4, 0.5) is 0 Å². The van der Waals surface area contributed by atoms with Gasteiger partial charge in [0.25, 0.3) is 5.88 Å². The highest BCUT2D eigenvalue weighted by Gasteiger charge is 2.21. The van der Waals surface area contributed by atoms with Crippen molar-refractivity contribution < 1.29 is 14.6 Å². The fourth-order valence-electron chi connectivity index (χ4n) is 1.97. The fraction of sp³-hybridized carbons (Fsp3) is 0.143. The van der Waals surface area contributed by atoms with Crippen molar-refractivity contribution in [2.24, 2.45) is 0 Å². The predicted octanol–water partition coefficient (Wildman–Crippen LogP) is 3.45. The molecule has 0 aliphatic carbocycles. The largest absolute Gasteiger partial charge is 0.476 e. The van der Waals surface area contributed by atoms with Crippen LogP contribution in [0.15, 0.2) is 35.8 Å². The van der Waals surface area contributed by atoms with Crippen LogP contribution in [0.5, 0.6) is 11.6 Å². The molecule has 0 aliphatic rings. The van der Waals surface area contributed by atoms with E-state index >= 15 is 0 Å². The Hall–Kier alpha value is -2.34. The van der Waals surface area contributed by atoms with E-state index in [4.69, 9.17) is 4.74 Å². The molecule has 2 aromatic heterocycles. The number of aromatic carboxylic acids is 1. The highest BCUT2D eigenvalue weighted by atomic mass is 32.1. The van der Waals surface area contributed by atoms with Crippen LogP contribution in [-0.4, -0.2) is 20.5 Å². The number of thiazole rings is 1. The summed E-state index contributed by atoms with van der Waals surface area (Å²) in [7, 11) is 0. The number of carbonyl (C=O) groups is 1. The summed E-state index contributed by atoms with van der Waals surface area (Å²) in [6, 6.07) is 7.56. The molecule has 0 fully saturated rings. The summed E-state index contributed by atoms with van der Waals surface area (Å²) in [5, 5.41) is 11.1. The molecule has 1 N–H and O–H groups in total. The van der Waals surface area contributed by atoms with E-state index in [1.165, 1.54) is 15.7 Å². The van der Waals surface area contributed by atoms with Gasteiger partial charge in [-0.15, -0.1) is 11.3 Å². The van der Waals surface area contributed by atoms with E-state index in [2.05, 4.69) is 4.98 Å². The third-order valence-electron chi connectivity index (χ3n) is 2.95. The van der Waals surface area contributed by atoms with Gasteiger partial charge < -0.3 is 9.84 Å². The van der Waals surface area contributed by atoms with Crippen LogP contribution >= 0.6 is 11.3 Å². The van der Waals surface area contributed by atoms with Crippen LogP contribution in [0.25, 0.3) is 4.96 Å². The van der Waals surface area contributed by atoms with E-state index in [0.29, 0.717) is 10.7 Å². The lowest BCUT2D eigenvalue weighted by Gasteiger charge is -2.05. The lowest BCUT2D eigenvalue weighted by Crippen LogP contribution is -2.02. The molecule has 5 nitrogen and oxygen atoms in total. The van der Waals surface area contributed by atoms with Gasteiger partial charge in [0, 0.05) is 11.6 Å². The van der Waals surface area contributed by atoms with Gasteiger partial charge in [0.1, 0.15) is 5.75 Å². The third kappa shape index (κ3) is 2.14. The summed E-state index contributed by atoms with van der Waals surface area (Å²) in [6.07, 6.45) is 2.56. The van der Waals surface area contributed by atoms with Crippen molar-refractivity contribution in [3.63, 3.8) is 0 Å². The second kappa shape index (κ2) is 4.97. The molecule has 0 amide bonds. The molecule has 2 heterocycles. The number of benzene rings is 1. The third-order valence-corrected chi connectivity index (χ3v) is 3.71. The first-order valence-corrected chi connectivity index (χ1v) is 7.02. The molecule has 1 aromatic carbocycles. The Labute approximate surface area is 119 Å². The smallest absolute Gasteiger partial charge is 0.358 e. The summed E-state index contributed by atoms with van der Waals surface area (Å²) >= 11 is 1.37. The highest BCUT2D eigenvalue weighted by molar-refractivity contribution is 7.15. The zero-order valence-corrected chi connectivity index (χ0v) is 11.6. The molecule has 0 unspecified atom stereocenters. The molecule has 6 heteroatoms. The standard InChI is InChI=1S/C14H12N2O3S/c1-2-9-4-3-5-10(8-9)19-12-11(13(17)18)16-6-7-20-14(16)15-12/h3-8H,2H2,1H3,(H,17,18). The topological polar surface area (TPSA) is 63.8 Å². The Balaban J connectivity index is 2.03. The van der Waals surface area contributed by atoms with Crippen molar-refractivity contribution in [3.05, 3.63) is 47.1 Å². The number of rotatable bonds is 4. The van der Waals surface area contributed by atoms with Gasteiger partial charge in [0.15, 0.2) is 10.7 Å². The Morgan fingerprint density at radius 1 is 1.50 bits per heavy atom. The van der Waals surface area contributed by atoms with Gasteiger partial charge in [-0.3, -0.25) is 4.40 Å². The Bertz CT molecular complexity index is 776. The van der Waals surface area contributed by atoms with Crippen LogP contribution < -0.4 is 4.74 Å². The molecule has 3 rings (SSSR count). The van der Waals surface area contributed by atoms with Crippen molar-refractivity contribution in [2.45, 2.75) is 13.3 Å². The van der Waals surface area contributed by atoms with Gasteiger partial charge >= 0.3 is 5.97 Å². The zero-order chi connectivity index (χ0) is 14.1. The predicted molar refractivity (Wildman–Crippen MR) is 75.9 cm³/mol. The molecule has 20 heavy (non-hydrogen) atoms. The molecule has 0 aliphatic heterocycles. The van der Waals surface area contributed by atoms with Crippen molar-refractivity contribution in [2.75, 3.05) is 0 Å². The first-order valence-electron chi connectivity index (χ1n) is 6.14. The average molecular weight is 288 g/mol. The van der Waals surface area contributed by atoms with E-state index in [1.807, 2.05) is 25.1 Å². The van der Waals surface area contributed by atoms with Gasteiger partial charge in [0.2, 0.25) is 0 Å². The molecule has 0 saturated heterocycles. The monoisotopic (exact) mass is 288 g/mol. The van der Waals surface area contributed by atoms with Crippen LogP contribution in [0.1, 0.15) is 23.0 Å². The quantitative estimate of drug-likeness (QED) is 0.798. The second-order valence-corrected chi connectivity index (χ2v) is 5.10. The lowest BCUT2D eigenvalue weighted by molar-refractivity contribution is 0.0686. The molecule has 0 bridgehead atoms. The van der Waals surface area contributed by atoms with Crippen molar-refractivity contribution in [1.29, 1.82) is 0 Å². The normalized spacial score (nSPS) is 10.8. The van der Waals surface area contributed by atoms with Crippen LogP contribution in [0.2, 0.25) is 0 Å². The number of carboxylic acid groups (broad SMARTS) is 1. The second-order valence-electron chi connectivity index (χ2n) is 4.23. The summed E-state index contributed by atoms with van der Waals surface area (Å²) in [6.45, 7) is 2.05. The molecule has 102 valence electrons. The number of hydrogen-bond donors (Lipinski definition) is 1. The average Bonchev–Trinajstić information content (AvgIpc) is 2.98. The van der Waals surface area contributed by atoms with E-state index in [-0.39, 0.29) is 11.6 Å². The maximum atomic E-state index is 11.4. The maximum absolute atomic E-state index is 11.4. The first-order chi connectivity index (χ1) is 9.69. The van der Waals surface area contributed by atoms with E-state index < -0.39 is 5.97 Å². The summed E-state index contributed by atoms with van der Waals surface area (Å²) in [5.41, 5.74) is 1.17. The molecule has 0 radical (unpaired) electrons. The molecule has 0 spiro atoms. The van der Waals surface area contributed by atoms with Crippen LogP contribution in [0.3, 0.4) is 0 Å². The Morgan fingerprint density at radius 2 is 2.35 bits per heavy atom. The van der Waals surface area contributed by atoms with Crippen molar-refractivity contribution >= 4 is 22.3 Å². The number of carboxylic acids is 1. The minimum Gasteiger partial charge on any atom is -0.476 e.